The molecule has 2 aromatic rings. The third-order valence-electron chi connectivity index (χ3n) is 2.64. The fourth-order valence-corrected chi connectivity index (χ4v) is 2.19. The van der Waals surface area contributed by atoms with Gasteiger partial charge in [0.25, 0.3) is 0 Å². The van der Waals surface area contributed by atoms with E-state index in [4.69, 9.17) is 14.4 Å². The Kier molecular flexibility index (Phi) is 4.05. The molecule has 0 unspecified atom stereocenters. The first kappa shape index (κ1) is 14.5. The Balaban J connectivity index is 2.10. The first-order valence-electron chi connectivity index (χ1n) is 5.98. The lowest BCUT2D eigenvalue weighted by Gasteiger charge is -2.08. The third-order valence-corrected chi connectivity index (χ3v) is 3.56. The molecule has 7 nitrogen and oxygen atoms in total. The molecule has 0 bridgehead atoms. The molecule has 0 saturated carbocycles. The topological polar surface area (TPSA) is 108 Å². The number of hydrogen-bond acceptors (Lipinski definition) is 6. The summed E-state index contributed by atoms with van der Waals surface area (Å²) >= 11 is 0. The number of ether oxygens (including phenoxy) is 1. The quantitative estimate of drug-likeness (QED) is 0.887. The van der Waals surface area contributed by atoms with Gasteiger partial charge in [0.15, 0.2) is 6.61 Å². The largest absolute Gasteiger partial charge is 0.485 e. The molecule has 0 fully saturated rings. The van der Waals surface area contributed by atoms with Crippen molar-refractivity contribution in [1.29, 1.82) is 0 Å². The van der Waals surface area contributed by atoms with E-state index in [1.165, 1.54) is 12.1 Å². The van der Waals surface area contributed by atoms with Crippen LogP contribution in [0.5, 0.6) is 5.75 Å². The Bertz CT molecular complexity index is 709. The number of nitrogens with zero attached hydrogens (tertiary/aromatic N) is 2. The van der Waals surface area contributed by atoms with E-state index >= 15 is 0 Å². The van der Waals surface area contributed by atoms with Crippen LogP contribution in [0, 0.1) is 6.92 Å². The average molecular weight is 297 g/mol. The number of nitrogens with two attached hydrogens (primary N) is 1. The number of primary sulfonamides is 1. The van der Waals surface area contributed by atoms with Gasteiger partial charge in [0.1, 0.15) is 5.75 Å². The molecule has 1 heterocycles. The minimum absolute atomic E-state index is 0.0511. The van der Waals surface area contributed by atoms with Crippen LogP contribution in [0.25, 0.3) is 0 Å². The van der Waals surface area contributed by atoms with Gasteiger partial charge in [-0.25, -0.2) is 13.6 Å². The first-order chi connectivity index (χ1) is 9.40. The predicted molar refractivity (Wildman–Crippen MR) is 70.6 cm³/mol. The van der Waals surface area contributed by atoms with Crippen LogP contribution in [-0.4, -0.2) is 18.6 Å². The number of aromatic nitrogens is 2. The number of benzene rings is 1. The molecule has 0 spiro atoms. The Morgan fingerprint density at radius 3 is 2.70 bits per heavy atom. The first-order valence-corrected chi connectivity index (χ1v) is 7.52. The van der Waals surface area contributed by atoms with Crippen molar-refractivity contribution in [1.82, 2.24) is 10.1 Å². The van der Waals surface area contributed by atoms with E-state index in [9.17, 15) is 8.42 Å². The zero-order valence-electron chi connectivity index (χ0n) is 11.2. The summed E-state index contributed by atoms with van der Waals surface area (Å²) in [7, 11) is -3.70. The summed E-state index contributed by atoms with van der Waals surface area (Å²) in [5, 5.41) is 8.82. The molecule has 108 valence electrons. The molecule has 0 aliphatic heterocycles. The standard InChI is InChI=1S/C12H15N3O4S/c1-3-12-14-11(15-19-12)7-18-10-5-4-9(6-8(10)2)20(13,16)17/h4-6H,3,7H2,1-2H3,(H2,13,16,17). The monoisotopic (exact) mass is 297 g/mol. The summed E-state index contributed by atoms with van der Waals surface area (Å²) in [6, 6.07) is 4.40. The number of hydrogen-bond donors (Lipinski definition) is 1. The van der Waals surface area contributed by atoms with E-state index in [0.717, 1.165) is 0 Å². The second-order valence-electron chi connectivity index (χ2n) is 4.22. The van der Waals surface area contributed by atoms with Gasteiger partial charge in [-0.15, -0.1) is 0 Å². The van der Waals surface area contributed by atoms with E-state index in [0.29, 0.717) is 29.4 Å². The van der Waals surface area contributed by atoms with Crippen LogP contribution in [-0.2, 0) is 23.1 Å². The van der Waals surface area contributed by atoms with Crippen LogP contribution < -0.4 is 9.88 Å². The van der Waals surface area contributed by atoms with Crippen LogP contribution in [0.1, 0.15) is 24.2 Å². The fraction of sp³-hybridized carbons (Fsp3) is 0.333. The third kappa shape index (κ3) is 3.34. The van der Waals surface area contributed by atoms with Gasteiger partial charge >= 0.3 is 0 Å². The summed E-state index contributed by atoms with van der Waals surface area (Å²) in [5.41, 5.74) is 0.663. The molecule has 1 aromatic carbocycles. The number of aryl methyl sites for hydroxylation is 2. The summed E-state index contributed by atoms with van der Waals surface area (Å²) in [4.78, 5) is 4.16. The molecular formula is C12H15N3O4S. The molecule has 0 atom stereocenters. The lowest BCUT2D eigenvalue weighted by molar-refractivity contribution is 0.283. The molecule has 1 aromatic heterocycles. The molecule has 2 rings (SSSR count). The normalized spacial score (nSPS) is 11.6. The maximum absolute atomic E-state index is 11.2. The second kappa shape index (κ2) is 5.59. The SMILES string of the molecule is CCc1nc(COc2ccc(S(N)(=O)=O)cc2C)no1. The van der Waals surface area contributed by atoms with Crippen molar-refractivity contribution in [2.45, 2.75) is 31.8 Å². The smallest absolute Gasteiger partial charge is 0.238 e. The van der Waals surface area contributed by atoms with Crippen LogP contribution in [0.15, 0.2) is 27.6 Å². The lowest BCUT2D eigenvalue weighted by Crippen LogP contribution is -2.12. The Hall–Kier alpha value is -1.93. The van der Waals surface area contributed by atoms with Gasteiger partial charge in [-0.1, -0.05) is 12.1 Å². The van der Waals surface area contributed by atoms with Gasteiger partial charge in [0.2, 0.25) is 21.7 Å². The Morgan fingerprint density at radius 2 is 2.15 bits per heavy atom. The molecule has 0 aliphatic carbocycles. The molecule has 20 heavy (non-hydrogen) atoms. The zero-order chi connectivity index (χ0) is 14.8. The molecule has 0 aliphatic rings. The maximum atomic E-state index is 11.2. The predicted octanol–water partition coefficient (Wildman–Crippen LogP) is 1.17. The highest BCUT2D eigenvalue weighted by atomic mass is 32.2. The Labute approximate surface area is 116 Å². The van der Waals surface area contributed by atoms with E-state index in [2.05, 4.69) is 10.1 Å². The molecule has 0 amide bonds. The van der Waals surface area contributed by atoms with Crippen LogP contribution in [0.3, 0.4) is 0 Å². The van der Waals surface area contributed by atoms with Gasteiger partial charge in [-0.05, 0) is 30.7 Å². The van der Waals surface area contributed by atoms with Gasteiger partial charge in [0.05, 0.1) is 4.90 Å². The van der Waals surface area contributed by atoms with E-state index in [1.807, 2.05) is 6.92 Å². The summed E-state index contributed by atoms with van der Waals surface area (Å²) < 4.78 is 32.9. The van der Waals surface area contributed by atoms with Gasteiger partial charge in [-0.2, -0.15) is 4.98 Å². The van der Waals surface area contributed by atoms with Gasteiger partial charge in [0, 0.05) is 6.42 Å². The average Bonchev–Trinajstić information content (AvgIpc) is 2.84. The van der Waals surface area contributed by atoms with E-state index in [1.54, 1.807) is 13.0 Å². The molecule has 0 saturated heterocycles. The lowest BCUT2D eigenvalue weighted by atomic mass is 10.2. The van der Waals surface area contributed by atoms with Crippen molar-refractivity contribution in [3.8, 4) is 5.75 Å². The Morgan fingerprint density at radius 1 is 1.40 bits per heavy atom. The molecular weight excluding hydrogens is 282 g/mol. The summed E-state index contributed by atoms with van der Waals surface area (Å²) in [6.07, 6.45) is 0.662. The van der Waals surface area contributed by atoms with E-state index < -0.39 is 10.0 Å². The second-order valence-corrected chi connectivity index (χ2v) is 5.78. The number of sulfonamides is 1. The van der Waals surface area contributed by atoms with Crippen molar-refractivity contribution < 1.29 is 17.7 Å². The molecule has 2 N–H and O–H groups in total. The highest BCUT2D eigenvalue weighted by Gasteiger charge is 2.11. The summed E-state index contributed by atoms with van der Waals surface area (Å²) in [6.45, 7) is 3.80. The number of rotatable bonds is 5. The minimum Gasteiger partial charge on any atom is -0.485 e. The molecule has 0 radical (unpaired) electrons. The van der Waals surface area contributed by atoms with Crippen molar-refractivity contribution in [2.24, 2.45) is 5.14 Å². The van der Waals surface area contributed by atoms with Crippen molar-refractivity contribution in [3.05, 3.63) is 35.5 Å². The highest BCUT2D eigenvalue weighted by Crippen LogP contribution is 2.21. The van der Waals surface area contributed by atoms with E-state index in [-0.39, 0.29) is 11.5 Å². The van der Waals surface area contributed by atoms with Crippen LogP contribution >= 0.6 is 0 Å². The van der Waals surface area contributed by atoms with Crippen LogP contribution in [0.2, 0.25) is 0 Å². The van der Waals surface area contributed by atoms with Gasteiger partial charge in [-0.3, -0.25) is 0 Å². The van der Waals surface area contributed by atoms with Crippen molar-refractivity contribution in [2.75, 3.05) is 0 Å². The zero-order valence-corrected chi connectivity index (χ0v) is 12.0. The van der Waals surface area contributed by atoms with Gasteiger partial charge < -0.3 is 9.26 Å². The van der Waals surface area contributed by atoms with Crippen molar-refractivity contribution in [3.63, 3.8) is 0 Å². The molecule has 8 heteroatoms. The highest BCUT2D eigenvalue weighted by molar-refractivity contribution is 7.89. The van der Waals surface area contributed by atoms with Crippen LogP contribution in [0.4, 0.5) is 0 Å². The fourth-order valence-electron chi connectivity index (χ4n) is 1.60. The van der Waals surface area contributed by atoms with Crippen molar-refractivity contribution >= 4 is 10.0 Å². The maximum Gasteiger partial charge on any atom is 0.238 e. The minimum atomic E-state index is -3.70. The summed E-state index contributed by atoms with van der Waals surface area (Å²) in [5.74, 6) is 1.53.